The minimum absolute atomic E-state index is 0.123. The second-order valence-corrected chi connectivity index (χ2v) is 4.45. The number of hydrogen-bond donors (Lipinski definition) is 1. The number of nitrogens with zero attached hydrogens (tertiary/aromatic N) is 1. The molecular weight excluding hydrogens is 204 g/mol. The van der Waals surface area contributed by atoms with Crippen molar-refractivity contribution in [2.24, 2.45) is 5.73 Å². The highest BCUT2D eigenvalue weighted by Crippen LogP contribution is 2.19. The number of thiazole rings is 1. The normalized spacial score (nSPS) is 12.6. The number of aryl methyl sites for hydroxylation is 1. The molecule has 0 aliphatic carbocycles. The molecule has 1 unspecified atom stereocenters. The van der Waals surface area contributed by atoms with Crippen LogP contribution in [0.2, 0.25) is 0 Å². The fourth-order valence-electron chi connectivity index (χ4n) is 1.52. The summed E-state index contributed by atoms with van der Waals surface area (Å²) < 4.78 is 0. The molecule has 1 aromatic heterocycles. The molecule has 0 saturated heterocycles. The molecule has 2 aromatic rings. The molecule has 3 heteroatoms. The van der Waals surface area contributed by atoms with Crippen molar-refractivity contribution in [3.05, 3.63) is 52.5 Å². The Hall–Kier alpha value is -1.19. The van der Waals surface area contributed by atoms with Gasteiger partial charge in [0.2, 0.25) is 0 Å². The fraction of sp³-hybridized carbons (Fsp3) is 0.250. The largest absolute Gasteiger partial charge is 0.323 e. The molecule has 0 fully saturated rings. The Bertz CT molecular complexity index is 383. The van der Waals surface area contributed by atoms with Crippen LogP contribution in [0.5, 0.6) is 0 Å². The van der Waals surface area contributed by atoms with Crippen molar-refractivity contribution in [2.45, 2.75) is 18.9 Å². The Morgan fingerprint density at radius 1 is 1.27 bits per heavy atom. The van der Waals surface area contributed by atoms with Crippen LogP contribution in [0.25, 0.3) is 0 Å². The van der Waals surface area contributed by atoms with E-state index in [9.17, 15) is 0 Å². The van der Waals surface area contributed by atoms with Gasteiger partial charge in [0.05, 0.1) is 5.51 Å². The summed E-state index contributed by atoms with van der Waals surface area (Å²) in [6.45, 7) is 0. The minimum Gasteiger partial charge on any atom is -0.323 e. The van der Waals surface area contributed by atoms with Crippen molar-refractivity contribution < 1.29 is 0 Å². The number of benzene rings is 1. The first kappa shape index (κ1) is 10.3. The average Bonchev–Trinajstić information content (AvgIpc) is 2.81. The zero-order chi connectivity index (χ0) is 10.5. The predicted molar refractivity (Wildman–Crippen MR) is 63.8 cm³/mol. The van der Waals surface area contributed by atoms with Crippen LogP contribution in [0.3, 0.4) is 0 Å². The van der Waals surface area contributed by atoms with Gasteiger partial charge < -0.3 is 5.73 Å². The highest BCUT2D eigenvalue weighted by Gasteiger charge is 2.07. The average molecular weight is 218 g/mol. The first-order valence-corrected chi connectivity index (χ1v) is 5.92. The molecule has 15 heavy (non-hydrogen) atoms. The van der Waals surface area contributed by atoms with Crippen LogP contribution in [0.4, 0.5) is 0 Å². The monoisotopic (exact) mass is 218 g/mol. The molecule has 0 bridgehead atoms. The Kier molecular flexibility index (Phi) is 3.48. The van der Waals surface area contributed by atoms with Gasteiger partial charge >= 0.3 is 0 Å². The SMILES string of the molecule is NC(CCc1ccccc1)c1cncs1. The smallest absolute Gasteiger partial charge is 0.0794 e. The van der Waals surface area contributed by atoms with Crippen LogP contribution in [-0.2, 0) is 6.42 Å². The lowest BCUT2D eigenvalue weighted by molar-refractivity contribution is 0.661. The summed E-state index contributed by atoms with van der Waals surface area (Å²) in [6.07, 6.45) is 3.87. The van der Waals surface area contributed by atoms with Gasteiger partial charge in [0.25, 0.3) is 0 Å². The minimum atomic E-state index is 0.123. The quantitative estimate of drug-likeness (QED) is 0.857. The third kappa shape index (κ3) is 2.88. The summed E-state index contributed by atoms with van der Waals surface area (Å²) in [5.41, 5.74) is 9.23. The second-order valence-electron chi connectivity index (χ2n) is 3.53. The molecule has 0 saturated carbocycles. The highest BCUT2D eigenvalue weighted by molar-refractivity contribution is 7.09. The molecule has 0 aliphatic rings. The molecule has 2 nitrogen and oxygen atoms in total. The first-order valence-electron chi connectivity index (χ1n) is 5.04. The third-order valence-corrected chi connectivity index (χ3v) is 3.31. The van der Waals surface area contributed by atoms with Crippen molar-refractivity contribution >= 4 is 11.3 Å². The lowest BCUT2D eigenvalue weighted by Gasteiger charge is -2.08. The van der Waals surface area contributed by atoms with Gasteiger partial charge in [-0.1, -0.05) is 30.3 Å². The molecular formula is C12H14N2S. The van der Waals surface area contributed by atoms with Gasteiger partial charge in [0.1, 0.15) is 0 Å². The molecule has 0 amide bonds. The summed E-state index contributed by atoms with van der Waals surface area (Å²) in [6, 6.07) is 10.6. The summed E-state index contributed by atoms with van der Waals surface area (Å²) >= 11 is 1.63. The van der Waals surface area contributed by atoms with Crippen molar-refractivity contribution in [2.75, 3.05) is 0 Å². The van der Waals surface area contributed by atoms with Gasteiger partial charge in [-0.25, -0.2) is 0 Å². The number of hydrogen-bond acceptors (Lipinski definition) is 3. The van der Waals surface area contributed by atoms with E-state index in [1.54, 1.807) is 11.3 Å². The zero-order valence-corrected chi connectivity index (χ0v) is 9.28. The number of aromatic nitrogens is 1. The molecule has 2 rings (SSSR count). The molecule has 1 heterocycles. The van der Waals surface area contributed by atoms with E-state index in [1.807, 2.05) is 17.8 Å². The molecule has 0 spiro atoms. The molecule has 0 aliphatic heterocycles. The Morgan fingerprint density at radius 2 is 2.07 bits per heavy atom. The van der Waals surface area contributed by atoms with E-state index in [-0.39, 0.29) is 6.04 Å². The maximum absolute atomic E-state index is 6.06. The second kappa shape index (κ2) is 5.05. The topological polar surface area (TPSA) is 38.9 Å². The maximum Gasteiger partial charge on any atom is 0.0794 e. The van der Waals surface area contributed by atoms with Gasteiger partial charge in [-0.15, -0.1) is 11.3 Å². The standard InChI is InChI=1S/C12H14N2S/c13-11(12-8-14-9-15-12)7-6-10-4-2-1-3-5-10/h1-5,8-9,11H,6-7,13H2. The van der Waals surface area contributed by atoms with Crippen molar-refractivity contribution in [1.82, 2.24) is 4.98 Å². The lowest BCUT2D eigenvalue weighted by Crippen LogP contribution is -2.09. The zero-order valence-electron chi connectivity index (χ0n) is 8.47. The molecule has 2 N–H and O–H groups in total. The van der Waals surface area contributed by atoms with Gasteiger partial charge in [-0.3, -0.25) is 4.98 Å². The highest BCUT2D eigenvalue weighted by atomic mass is 32.1. The first-order chi connectivity index (χ1) is 7.36. The Morgan fingerprint density at radius 3 is 2.73 bits per heavy atom. The van der Waals surface area contributed by atoms with Gasteiger partial charge in [-0.2, -0.15) is 0 Å². The predicted octanol–water partition coefficient (Wildman–Crippen LogP) is 2.78. The number of rotatable bonds is 4. The van der Waals surface area contributed by atoms with Crippen molar-refractivity contribution in [1.29, 1.82) is 0 Å². The third-order valence-electron chi connectivity index (χ3n) is 2.40. The summed E-state index contributed by atoms with van der Waals surface area (Å²) in [7, 11) is 0. The van der Waals surface area contributed by atoms with Crippen LogP contribution in [0, 0.1) is 0 Å². The molecule has 0 radical (unpaired) electrons. The van der Waals surface area contributed by atoms with Crippen LogP contribution < -0.4 is 5.73 Å². The van der Waals surface area contributed by atoms with E-state index in [1.165, 1.54) is 10.4 Å². The van der Waals surface area contributed by atoms with E-state index in [0.29, 0.717) is 0 Å². The molecule has 78 valence electrons. The van der Waals surface area contributed by atoms with E-state index in [4.69, 9.17) is 5.73 Å². The lowest BCUT2D eigenvalue weighted by atomic mass is 10.1. The Balaban J connectivity index is 1.89. The van der Waals surface area contributed by atoms with E-state index >= 15 is 0 Å². The van der Waals surface area contributed by atoms with Crippen molar-refractivity contribution in [3.63, 3.8) is 0 Å². The van der Waals surface area contributed by atoms with Gasteiger partial charge in [0.15, 0.2) is 0 Å². The van der Waals surface area contributed by atoms with Crippen LogP contribution >= 0.6 is 11.3 Å². The summed E-state index contributed by atoms with van der Waals surface area (Å²) in [5.74, 6) is 0. The van der Waals surface area contributed by atoms with Crippen LogP contribution in [0.1, 0.15) is 22.9 Å². The van der Waals surface area contributed by atoms with Crippen LogP contribution in [0.15, 0.2) is 42.0 Å². The number of nitrogens with two attached hydrogens (primary N) is 1. The van der Waals surface area contributed by atoms with Crippen molar-refractivity contribution in [3.8, 4) is 0 Å². The summed E-state index contributed by atoms with van der Waals surface area (Å²) in [5, 5.41) is 0. The van der Waals surface area contributed by atoms with E-state index in [2.05, 4.69) is 29.2 Å². The summed E-state index contributed by atoms with van der Waals surface area (Å²) in [4.78, 5) is 5.21. The Labute approximate surface area is 93.8 Å². The van der Waals surface area contributed by atoms with E-state index in [0.717, 1.165) is 12.8 Å². The molecule has 1 atom stereocenters. The fourth-order valence-corrected chi connectivity index (χ4v) is 2.18. The van der Waals surface area contributed by atoms with Crippen LogP contribution in [-0.4, -0.2) is 4.98 Å². The maximum atomic E-state index is 6.06. The molecule has 1 aromatic carbocycles. The van der Waals surface area contributed by atoms with E-state index < -0.39 is 0 Å². The van der Waals surface area contributed by atoms with Gasteiger partial charge in [-0.05, 0) is 18.4 Å². The van der Waals surface area contributed by atoms with Gasteiger partial charge in [0, 0.05) is 17.1 Å².